The second-order valence-electron chi connectivity index (χ2n) is 8.63. The van der Waals surface area contributed by atoms with Gasteiger partial charge >= 0.3 is 0 Å². The van der Waals surface area contributed by atoms with Gasteiger partial charge in [-0.1, -0.05) is 60.7 Å². The molecule has 1 aromatic heterocycles. The van der Waals surface area contributed by atoms with Gasteiger partial charge in [-0.2, -0.15) is 0 Å². The van der Waals surface area contributed by atoms with E-state index in [0.29, 0.717) is 5.56 Å². The summed E-state index contributed by atoms with van der Waals surface area (Å²) in [7, 11) is -4.01. The minimum Gasteiger partial charge on any atom is -0.467 e. The number of sulfonamides is 1. The first-order chi connectivity index (χ1) is 18.8. The van der Waals surface area contributed by atoms with Gasteiger partial charge in [0.05, 0.1) is 17.7 Å². The summed E-state index contributed by atoms with van der Waals surface area (Å²) in [6.07, 6.45) is 1.37. The zero-order chi connectivity index (χ0) is 27.8. The van der Waals surface area contributed by atoms with Crippen molar-refractivity contribution in [3.05, 3.63) is 120 Å². The summed E-state index contributed by atoms with van der Waals surface area (Å²) in [4.78, 5) is 40.5. The Kier molecular flexibility index (Phi) is 8.70. The number of nitrogens with zero attached hydrogens (tertiary/aromatic N) is 1. The Morgan fingerprint density at radius 3 is 2.21 bits per heavy atom. The fourth-order valence-electron chi connectivity index (χ4n) is 3.94. The molecule has 1 heterocycles. The molecule has 4 aromatic rings. The Bertz CT molecular complexity index is 1540. The van der Waals surface area contributed by atoms with Crippen molar-refractivity contribution in [1.82, 2.24) is 10.0 Å². The second kappa shape index (κ2) is 12.3. The number of benzene rings is 3. The molecule has 0 saturated carbocycles. The zero-order valence-electron chi connectivity index (χ0n) is 21.1. The van der Waals surface area contributed by atoms with Crippen LogP contribution in [-0.2, 0) is 26.2 Å². The van der Waals surface area contributed by atoms with Crippen LogP contribution in [0, 0.1) is 0 Å². The van der Waals surface area contributed by atoms with Crippen molar-refractivity contribution in [2.75, 3.05) is 11.4 Å². The molecule has 0 saturated heterocycles. The second-order valence-corrected chi connectivity index (χ2v) is 10.4. The summed E-state index contributed by atoms with van der Waals surface area (Å²) in [5.74, 6) is -1.36. The van der Waals surface area contributed by atoms with Crippen molar-refractivity contribution in [2.24, 2.45) is 0 Å². The molecule has 2 N–H and O–H groups in total. The SMILES string of the molecule is CC(=O)c1cccc(N(C(=O)CNS(=O)(=O)c2ccccc2)C(C(=O)NCc2ccccc2)c2ccco2)c1. The van der Waals surface area contributed by atoms with E-state index in [4.69, 9.17) is 4.42 Å². The first kappa shape index (κ1) is 27.5. The standard InChI is InChI=1S/C29H27N3O6S/c1-21(33)23-12-8-13-24(18-23)32(27(34)20-31-39(36,37)25-14-6-3-7-15-25)28(26-16-9-17-38-26)29(35)30-19-22-10-4-2-5-11-22/h2-18,28,31H,19-20H2,1H3,(H,30,35). The molecule has 0 aliphatic rings. The lowest BCUT2D eigenvalue weighted by molar-refractivity contribution is -0.126. The Hall–Kier alpha value is -4.54. The highest BCUT2D eigenvalue weighted by molar-refractivity contribution is 7.89. The number of anilines is 1. The van der Waals surface area contributed by atoms with Crippen LogP contribution in [0.4, 0.5) is 5.69 Å². The normalized spacial score (nSPS) is 11.9. The van der Waals surface area contributed by atoms with E-state index in [1.807, 2.05) is 30.3 Å². The molecule has 3 aromatic carbocycles. The summed E-state index contributed by atoms with van der Waals surface area (Å²) in [6, 6.07) is 24.9. The van der Waals surface area contributed by atoms with Gasteiger partial charge in [-0.05, 0) is 48.9 Å². The van der Waals surface area contributed by atoms with Crippen LogP contribution in [0.25, 0.3) is 0 Å². The highest BCUT2D eigenvalue weighted by Gasteiger charge is 2.35. The van der Waals surface area contributed by atoms with Crippen LogP contribution in [0.1, 0.15) is 34.6 Å². The average molecular weight is 546 g/mol. The molecule has 1 unspecified atom stereocenters. The van der Waals surface area contributed by atoms with Gasteiger partial charge in [0.1, 0.15) is 5.76 Å². The topological polar surface area (TPSA) is 126 Å². The molecule has 39 heavy (non-hydrogen) atoms. The molecule has 200 valence electrons. The first-order valence-electron chi connectivity index (χ1n) is 12.1. The lowest BCUT2D eigenvalue weighted by Crippen LogP contribution is -2.47. The highest BCUT2D eigenvalue weighted by Crippen LogP contribution is 2.29. The predicted octanol–water partition coefficient (Wildman–Crippen LogP) is 3.85. The van der Waals surface area contributed by atoms with Crippen LogP contribution in [-0.4, -0.2) is 32.6 Å². The molecule has 9 nitrogen and oxygen atoms in total. The van der Waals surface area contributed by atoms with Crippen molar-refractivity contribution < 1.29 is 27.2 Å². The fourth-order valence-corrected chi connectivity index (χ4v) is 4.93. The summed E-state index contributed by atoms with van der Waals surface area (Å²) >= 11 is 0. The highest BCUT2D eigenvalue weighted by atomic mass is 32.2. The van der Waals surface area contributed by atoms with E-state index in [2.05, 4.69) is 10.0 Å². The largest absolute Gasteiger partial charge is 0.467 e. The molecule has 0 bridgehead atoms. The monoisotopic (exact) mass is 545 g/mol. The van der Waals surface area contributed by atoms with E-state index >= 15 is 0 Å². The maximum absolute atomic E-state index is 13.7. The molecule has 2 amide bonds. The van der Waals surface area contributed by atoms with E-state index in [-0.39, 0.29) is 28.7 Å². The van der Waals surface area contributed by atoms with E-state index in [1.54, 1.807) is 48.5 Å². The maximum atomic E-state index is 13.7. The van der Waals surface area contributed by atoms with Crippen molar-refractivity contribution in [1.29, 1.82) is 0 Å². The van der Waals surface area contributed by atoms with E-state index in [9.17, 15) is 22.8 Å². The summed E-state index contributed by atoms with van der Waals surface area (Å²) in [5.41, 5.74) is 1.39. The quantitative estimate of drug-likeness (QED) is 0.276. The molecule has 10 heteroatoms. The molecule has 0 aliphatic heterocycles. The van der Waals surface area contributed by atoms with Gasteiger partial charge in [0.25, 0.3) is 5.91 Å². The minimum absolute atomic E-state index is 0.00823. The minimum atomic E-state index is -4.01. The Morgan fingerprint density at radius 1 is 0.872 bits per heavy atom. The molecular weight excluding hydrogens is 518 g/mol. The Labute approximate surface area is 226 Å². The van der Waals surface area contributed by atoms with Gasteiger partial charge in [0.15, 0.2) is 11.8 Å². The molecule has 1 atom stereocenters. The third-order valence-electron chi connectivity index (χ3n) is 5.90. The number of rotatable bonds is 11. The van der Waals surface area contributed by atoms with Crippen LogP contribution in [0.5, 0.6) is 0 Å². The number of carbonyl (C=O) groups is 3. The molecule has 4 rings (SSSR count). The Balaban J connectivity index is 1.69. The van der Waals surface area contributed by atoms with E-state index in [1.165, 1.54) is 31.4 Å². The number of Topliss-reactive ketones (excluding diaryl/α,β-unsaturated/α-hetero) is 1. The molecule has 0 fully saturated rings. The third kappa shape index (κ3) is 6.86. The van der Waals surface area contributed by atoms with Crippen molar-refractivity contribution in [2.45, 2.75) is 24.4 Å². The number of hydrogen-bond donors (Lipinski definition) is 2. The van der Waals surface area contributed by atoms with Crippen LogP contribution in [0.3, 0.4) is 0 Å². The van der Waals surface area contributed by atoms with Crippen LogP contribution in [0.15, 0.2) is 113 Å². The molecule has 0 spiro atoms. The zero-order valence-corrected chi connectivity index (χ0v) is 21.9. The Morgan fingerprint density at radius 2 is 1.56 bits per heavy atom. The van der Waals surface area contributed by atoms with Crippen molar-refractivity contribution in [3.8, 4) is 0 Å². The fraction of sp³-hybridized carbons (Fsp3) is 0.138. The van der Waals surface area contributed by atoms with E-state index < -0.39 is 34.4 Å². The molecular formula is C29H27N3O6S. The van der Waals surface area contributed by atoms with Gasteiger partial charge in [-0.15, -0.1) is 0 Å². The number of nitrogens with one attached hydrogen (secondary N) is 2. The first-order valence-corrected chi connectivity index (χ1v) is 13.6. The third-order valence-corrected chi connectivity index (χ3v) is 7.31. The summed E-state index contributed by atoms with van der Waals surface area (Å²) < 4.78 is 33.5. The molecule has 0 radical (unpaired) electrons. The number of hydrogen-bond acceptors (Lipinski definition) is 6. The van der Waals surface area contributed by atoms with Gasteiger partial charge < -0.3 is 9.73 Å². The van der Waals surface area contributed by atoms with Gasteiger partial charge in [0, 0.05) is 17.8 Å². The predicted molar refractivity (Wildman–Crippen MR) is 145 cm³/mol. The smallest absolute Gasteiger partial charge is 0.251 e. The average Bonchev–Trinajstić information content (AvgIpc) is 3.49. The lowest BCUT2D eigenvalue weighted by atomic mass is 10.1. The van der Waals surface area contributed by atoms with Crippen LogP contribution in [0.2, 0.25) is 0 Å². The van der Waals surface area contributed by atoms with Crippen molar-refractivity contribution >= 4 is 33.3 Å². The van der Waals surface area contributed by atoms with Gasteiger partial charge in [-0.3, -0.25) is 19.3 Å². The lowest BCUT2D eigenvalue weighted by Gasteiger charge is -2.30. The van der Waals surface area contributed by atoms with Crippen molar-refractivity contribution in [3.63, 3.8) is 0 Å². The summed E-state index contributed by atoms with van der Waals surface area (Å²) in [6.45, 7) is 0.924. The van der Waals surface area contributed by atoms with Crippen LogP contribution >= 0.6 is 0 Å². The number of amides is 2. The van der Waals surface area contributed by atoms with E-state index in [0.717, 1.165) is 10.5 Å². The number of furan rings is 1. The molecule has 0 aliphatic carbocycles. The summed E-state index contributed by atoms with van der Waals surface area (Å²) in [5, 5.41) is 2.83. The number of ketones is 1. The van der Waals surface area contributed by atoms with Gasteiger partial charge in [0.2, 0.25) is 15.9 Å². The van der Waals surface area contributed by atoms with Crippen LogP contribution < -0.4 is 14.9 Å². The van der Waals surface area contributed by atoms with Gasteiger partial charge in [-0.25, -0.2) is 13.1 Å². The number of carbonyl (C=O) groups excluding carboxylic acids is 3. The maximum Gasteiger partial charge on any atom is 0.251 e.